The van der Waals surface area contributed by atoms with Crippen molar-refractivity contribution in [2.45, 2.75) is 4.90 Å². The third kappa shape index (κ3) is 4.09. The Bertz CT molecular complexity index is 937. The monoisotopic (exact) mass is 372 g/mol. The van der Waals surface area contributed by atoms with E-state index in [2.05, 4.69) is 4.72 Å². The molecule has 1 aliphatic heterocycles. The first-order valence-electron chi connectivity index (χ1n) is 7.80. The van der Waals surface area contributed by atoms with Crippen LogP contribution in [-0.2, 0) is 19.6 Å². The number of hydrogen-bond donors (Lipinski definition) is 1. The van der Waals surface area contributed by atoms with Crippen molar-refractivity contribution in [1.29, 1.82) is 0 Å². The molecule has 1 saturated heterocycles. The Balaban J connectivity index is 1.66. The highest BCUT2D eigenvalue weighted by Crippen LogP contribution is 2.17. The lowest BCUT2D eigenvalue weighted by molar-refractivity contribution is -0.122. The second-order valence-electron chi connectivity index (χ2n) is 5.48. The predicted octanol–water partition coefficient (Wildman–Crippen LogP) is 2.48. The number of sulfonamides is 1. The van der Waals surface area contributed by atoms with Gasteiger partial charge in [0.15, 0.2) is 0 Å². The number of rotatable bonds is 5. The highest BCUT2D eigenvalue weighted by molar-refractivity contribution is 7.92. The smallest absolute Gasteiger partial charge is 0.416 e. The molecule has 1 N–H and O–H groups in total. The average molecular weight is 372 g/mol. The summed E-state index contributed by atoms with van der Waals surface area (Å²) in [4.78, 5) is 24.4. The Kier molecular flexibility index (Phi) is 5.04. The van der Waals surface area contributed by atoms with Crippen molar-refractivity contribution in [3.05, 3.63) is 66.2 Å². The maximum atomic E-state index is 12.3. The van der Waals surface area contributed by atoms with E-state index in [0.717, 1.165) is 4.90 Å². The standard InChI is InChI=1S/C18H16N2O5S/c21-17(20-12-13-25-18(20)22)11-8-14-6-9-15(10-7-14)19-26(23,24)16-4-2-1-3-5-16/h1-11,19H,12-13H2/b11-8+. The third-order valence-corrected chi connectivity index (χ3v) is 5.06. The number of carbonyl (C=O) groups excluding carboxylic acids is 2. The van der Waals surface area contributed by atoms with Gasteiger partial charge < -0.3 is 4.74 Å². The lowest BCUT2D eigenvalue weighted by Gasteiger charge is -2.08. The maximum absolute atomic E-state index is 12.3. The van der Waals surface area contributed by atoms with Crippen molar-refractivity contribution in [2.75, 3.05) is 17.9 Å². The second-order valence-corrected chi connectivity index (χ2v) is 7.16. The minimum Gasteiger partial charge on any atom is -0.447 e. The SMILES string of the molecule is O=C(/C=C/c1ccc(NS(=O)(=O)c2ccccc2)cc1)N1CCOC1=O. The summed E-state index contributed by atoms with van der Waals surface area (Å²) in [5.41, 5.74) is 1.09. The van der Waals surface area contributed by atoms with E-state index in [-0.39, 0.29) is 18.0 Å². The fourth-order valence-corrected chi connectivity index (χ4v) is 3.41. The van der Waals surface area contributed by atoms with Crippen LogP contribution >= 0.6 is 0 Å². The first-order valence-corrected chi connectivity index (χ1v) is 9.28. The molecule has 1 heterocycles. The Labute approximate surface area is 150 Å². The molecule has 0 radical (unpaired) electrons. The number of anilines is 1. The second kappa shape index (κ2) is 7.40. The first kappa shape index (κ1) is 17.7. The molecule has 2 aromatic rings. The lowest BCUT2D eigenvalue weighted by Crippen LogP contribution is -2.29. The van der Waals surface area contributed by atoms with Gasteiger partial charge in [-0.3, -0.25) is 9.52 Å². The Morgan fingerprint density at radius 3 is 2.38 bits per heavy atom. The molecule has 0 saturated carbocycles. The van der Waals surface area contributed by atoms with E-state index < -0.39 is 22.0 Å². The lowest BCUT2D eigenvalue weighted by atomic mass is 10.2. The Morgan fingerprint density at radius 1 is 1.08 bits per heavy atom. The molecule has 2 amide bonds. The number of benzene rings is 2. The first-order chi connectivity index (χ1) is 12.5. The molecule has 0 aliphatic carbocycles. The van der Waals surface area contributed by atoms with Gasteiger partial charge in [0, 0.05) is 11.8 Å². The molecule has 8 heteroatoms. The number of ether oxygens (including phenoxy) is 1. The van der Waals surface area contributed by atoms with E-state index in [1.165, 1.54) is 18.2 Å². The van der Waals surface area contributed by atoms with Gasteiger partial charge in [-0.15, -0.1) is 0 Å². The maximum Gasteiger partial charge on any atom is 0.416 e. The van der Waals surface area contributed by atoms with Crippen LogP contribution in [0.25, 0.3) is 6.08 Å². The van der Waals surface area contributed by atoms with Crippen LogP contribution in [0.5, 0.6) is 0 Å². The van der Waals surface area contributed by atoms with E-state index in [0.29, 0.717) is 11.3 Å². The molecule has 0 spiro atoms. The van der Waals surface area contributed by atoms with E-state index >= 15 is 0 Å². The summed E-state index contributed by atoms with van der Waals surface area (Å²) in [6.45, 7) is 0.441. The number of carbonyl (C=O) groups is 2. The van der Waals surface area contributed by atoms with Gasteiger partial charge in [0.2, 0.25) is 0 Å². The molecular formula is C18H16N2O5S. The zero-order valence-electron chi connectivity index (χ0n) is 13.7. The molecule has 1 aliphatic rings. The van der Waals surface area contributed by atoms with E-state index in [1.807, 2.05) is 0 Å². The van der Waals surface area contributed by atoms with Gasteiger partial charge in [0.05, 0.1) is 11.4 Å². The molecule has 134 valence electrons. The molecule has 26 heavy (non-hydrogen) atoms. The summed E-state index contributed by atoms with van der Waals surface area (Å²) in [6.07, 6.45) is 2.17. The molecular weight excluding hydrogens is 356 g/mol. The van der Waals surface area contributed by atoms with E-state index in [9.17, 15) is 18.0 Å². The summed E-state index contributed by atoms with van der Waals surface area (Å²) in [7, 11) is -3.65. The quantitative estimate of drug-likeness (QED) is 0.814. The van der Waals surface area contributed by atoms with E-state index in [4.69, 9.17) is 4.74 Å². The third-order valence-electron chi connectivity index (χ3n) is 3.66. The van der Waals surface area contributed by atoms with Crippen molar-refractivity contribution >= 4 is 33.8 Å². The van der Waals surface area contributed by atoms with Gasteiger partial charge >= 0.3 is 6.09 Å². The molecule has 7 nitrogen and oxygen atoms in total. The number of hydrogen-bond acceptors (Lipinski definition) is 5. The number of cyclic esters (lactones) is 1. The van der Waals surface area contributed by atoms with Crippen molar-refractivity contribution in [3.8, 4) is 0 Å². The minimum atomic E-state index is -3.65. The molecule has 0 aromatic heterocycles. The Morgan fingerprint density at radius 2 is 1.77 bits per heavy atom. The number of amides is 2. The number of imide groups is 1. The molecule has 0 bridgehead atoms. The van der Waals surface area contributed by atoms with E-state index in [1.54, 1.807) is 48.5 Å². The summed E-state index contributed by atoms with van der Waals surface area (Å²) < 4.78 is 31.7. The van der Waals surface area contributed by atoms with Gasteiger partial charge in [-0.1, -0.05) is 30.3 Å². The van der Waals surface area contributed by atoms with Crippen LogP contribution in [0, 0.1) is 0 Å². The van der Waals surface area contributed by atoms with Gasteiger partial charge in [0.1, 0.15) is 6.61 Å². The zero-order valence-corrected chi connectivity index (χ0v) is 14.5. The molecule has 2 aromatic carbocycles. The largest absolute Gasteiger partial charge is 0.447 e. The molecule has 3 rings (SSSR count). The van der Waals surface area contributed by atoms with Crippen LogP contribution in [0.4, 0.5) is 10.5 Å². The summed E-state index contributed by atoms with van der Waals surface area (Å²) >= 11 is 0. The van der Waals surface area contributed by atoms with Crippen molar-refractivity contribution < 1.29 is 22.7 Å². The van der Waals surface area contributed by atoms with Crippen LogP contribution in [0.2, 0.25) is 0 Å². The number of nitrogens with zero attached hydrogens (tertiary/aromatic N) is 1. The predicted molar refractivity (Wildman–Crippen MR) is 95.8 cm³/mol. The van der Waals surface area contributed by atoms with Gasteiger partial charge in [-0.25, -0.2) is 18.1 Å². The highest BCUT2D eigenvalue weighted by atomic mass is 32.2. The zero-order chi connectivity index (χ0) is 18.6. The molecule has 0 atom stereocenters. The summed E-state index contributed by atoms with van der Waals surface area (Å²) in [5.74, 6) is -0.457. The van der Waals surface area contributed by atoms with Crippen molar-refractivity contribution in [3.63, 3.8) is 0 Å². The van der Waals surface area contributed by atoms with Crippen LogP contribution in [0.3, 0.4) is 0 Å². The average Bonchev–Trinajstić information content (AvgIpc) is 3.07. The van der Waals surface area contributed by atoms with Gasteiger partial charge in [-0.2, -0.15) is 0 Å². The van der Waals surface area contributed by atoms with Crippen molar-refractivity contribution in [1.82, 2.24) is 4.90 Å². The molecule has 1 fully saturated rings. The fraction of sp³-hybridized carbons (Fsp3) is 0.111. The van der Waals surface area contributed by atoms with Crippen molar-refractivity contribution in [2.24, 2.45) is 0 Å². The van der Waals surface area contributed by atoms with Crippen LogP contribution < -0.4 is 4.72 Å². The van der Waals surface area contributed by atoms with Crippen LogP contribution in [0.1, 0.15) is 5.56 Å². The topological polar surface area (TPSA) is 92.8 Å². The van der Waals surface area contributed by atoms with Gasteiger partial charge in [0.25, 0.3) is 15.9 Å². The normalized spacial score (nSPS) is 14.5. The summed E-state index contributed by atoms with van der Waals surface area (Å²) in [6, 6.07) is 14.6. The highest BCUT2D eigenvalue weighted by Gasteiger charge is 2.26. The van der Waals surface area contributed by atoms with Crippen LogP contribution in [-0.4, -0.2) is 38.5 Å². The fourth-order valence-electron chi connectivity index (χ4n) is 2.33. The number of nitrogens with one attached hydrogen (secondary N) is 1. The molecule has 0 unspecified atom stereocenters. The minimum absolute atomic E-state index is 0.173. The summed E-state index contributed by atoms with van der Waals surface area (Å²) in [5, 5.41) is 0. The van der Waals surface area contributed by atoms with Crippen LogP contribution in [0.15, 0.2) is 65.6 Å². The Hall–Kier alpha value is -3.13. The van der Waals surface area contributed by atoms with Gasteiger partial charge in [-0.05, 0) is 35.9 Å².